The van der Waals surface area contributed by atoms with Crippen molar-refractivity contribution in [1.82, 2.24) is 10.3 Å². The molecule has 0 unspecified atom stereocenters. The molecule has 1 saturated carbocycles. The molecule has 224 valence electrons. The molecule has 3 heterocycles. The van der Waals surface area contributed by atoms with Gasteiger partial charge in [-0.15, -0.1) is 0 Å². The van der Waals surface area contributed by atoms with Gasteiger partial charge in [-0.1, -0.05) is 0 Å². The van der Waals surface area contributed by atoms with Crippen molar-refractivity contribution in [3.63, 3.8) is 0 Å². The van der Waals surface area contributed by atoms with Gasteiger partial charge in [0.1, 0.15) is 11.6 Å². The number of hydrogen-bond donors (Lipinski definition) is 4. The van der Waals surface area contributed by atoms with E-state index in [4.69, 9.17) is 5.73 Å². The second kappa shape index (κ2) is 12.4. The minimum absolute atomic E-state index is 0.00666. The number of Topliss-reactive ketones (excluding diaryl/α,β-unsaturated/α-hetero) is 1. The van der Waals surface area contributed by atoms with E-state index in [9.17, 15) is 18.8 Å². The van der Waals surface area contributed by atoms with E-state index in [2.05, 4.69) is 25.8 Å². The average molecular weight is 585 g/mol. The van der Waals surface area contributed by atoms with Crippen molar-refractivity contribution in [2.24, 2.45) is 11.7 Å². The van der Waals surface area contributed by atoms with Crippen LogP contribution in [0.5, 0.6) is 0 Å². The number of fused-ring (bicyclic) bond motifs is 2. The first-order valence-corrected chi connectivity index (χ1v) is 15.1. The SMILES string of the molecule is NC(=O)c1ccc(C(=O)N[C@H]2C[C@H]3CC[C@@H](C2)N3c2ccc(C(=O)CCNc3ccc(F)cc3)cn2)cc1NCC1CC1. The van der Waals surface area contributed by atoms with E-state index < -0.39 is 5.91 Å². The minimum atomic E-state index is -0.515. The Bertz CT molecular complexity index is 1480. The predicted octanol–water partition coefficient (Wildman–Crippen LogP) is 4.76. The molecule has 1 aromatic heterocycles. The smallest absolute Gasteiger partial charge is 0.251 e. The zero-order valence-corrected chi connectivity index (χ0v) is 24.0. The van der Waals surface area contributed by atoms with E-state index in [1.807, 2.05) is 12.1 Å². The third kappa shape index (κ3) is 6.79. The van der Waals surface area contributed by atoms with Crippen LogP contribution in [0, 0.1) is 11.7 Å². The van der Waals surface area contributed by atoms with Crippen LogP contribution in [0.3, 0.4) is 0 Å². The fourth-order valence-electron chi connectivity index (χ4n) is 6.30. The van der Waals surface area contributed by atoms with E-state index in [0.717, 1.165) is 43.7 Å². The maximum Gasteiger partial charge on any atom is 0.251 e. The summed E-state index contributed by atoms with van der Waals surface area (Å²) in [5.74, 6) is 0.493. The lowest BCUT2D eigenvalue weighted by Crippen LogP contribution is -2.50. The van der Waals surface area contributed by atoms with Crippen LogP contribution >= 0.6 is 0 Å². The number of carbonyl (C=O) groups excluding carboxylic acids is 3. The summed E-state index contributed by atoms with van der Waals surface area (Å²) in [7, 11) is 0. The van der Waals surface area contributed by atoms with Crippen molar-refractivity contribution in [1.29, 1.82) is 0 Å². The molecule has 3 aliphatic rings. The molecule has 3 atom stereocenters. The largest absolute Gasteiger partial charge is 0.385 e. The summed E-state index contributed by atoms with van der Waals surface area (Å²) in [4.78, 5) is 44.8. The molecule has 2 amide bonds. The Kier molecular flexibility index (Phi) is 8.26. The molecule has 6 rings (SSSR count). The van der Waals surface area contributed by atoms with Crippen LogP contribution in [-0.2, 0) is 0 Å². The third-order valence-corrected chi connectivity index (χ3v) is 8.75. The van der Waals surface area contributed by atoms with Crippen molar-refractivity contribution in [2.45, 2.75) is 63.1 Å². The zero-order chi connectivity index (χ0) is 29.9. The summed E-state index contributed by atoms with van der Waals surface area (Å²) >= 11 is 0. The molecule has 0 radical (unpaired) electrons. The number of amides is 2. The van der Waals surface area contributed by atoms with Crippen LogP contribution in [-0.4, -0.2) is 53.8 Å². The van der Waals surface area contributed by atoms with E-state index in [-0.39, 0.29) is 35.6 Å². The van der Waals surface area contributed by atoms with Crippen LogP contribution < -0.4 is 26.6 Å². The van der Waals surface area contributed by atoms with Gasteiger partial charge in [-0.25, -0.2) is 9.37 Å². The second-order valence-electron chi connectivity index (χ2n) is 11.9. The van der Waals surface area contributed by atoms with Crippen molar-refractivity contribution in [2.75, 3.05) is 28.6 Å². The Morgan fingerprint density at radius 3 is 2.28 bits per heavy atom. The molecule has 9 nitrogen and oxygen atoms in total. The van der Waals surface area contributed by atoms with Crippen LogP contribution in [0.2, 0.25) is 0 Å². The van der Waals surface area contributed by atoms with Crippen LogP contribution in [0.25, 0.3) is 0 Å². The van der Waals surface area contributed by atoms with Gasteiger partial charge in [-0.05, 0) is 99.0 Å². The molecule has 43 heavy (non-hydrogen) atoms. The molecule has 2 aliphatic heterocycles. The Hall–Kier alpha value is -4.47. The quantitative estimate of drug-likeness (QED) is 0.226. The maximum atomic E-state index is 13.2. The van der Waals surface area contributed by atoms with Gasteiger partial charge in [-0.2, -0.15) is 0 Å². The monoisotopic (exact) mass is 584 g/mol. The molecular weight excluding hydrogens is 547 g/mol. The number of piperidine rings is 1. The fraction of sp³-hybridized carbons (Fsp3) is 0.394. The minimum Gasteiger partial charge on any atom is -0.385 e. The predicted molar refractivity (Wildman–Crippen MR) is 164 cm³/mol. The lowest BCUT2D eigenvalue weighted by Gasteiger charge is -2.40. The van der Waals surface area contributed by atoms with E-state index in [0.29, 0.717) is 41.3 Å². The summed E-state index contributed by atoms with van der Waals surface area (Å²) in [6.07, 6.45) is 7.97. The van der Waals surface area contributed by atoms with Gasteiger partial charge in [0.05, 0.1) is 5.56 Å². The first-order valence-electron chi connectivity index (χ1n) is 15.1. The number of benzene rings is 2. The second-order valence-corrected chi connectivity index (χ2v) is 11.9. The zero-order valence-electron chi connectivity index (χ0n) is 24.0. The fourth-order valence-corrected chi connectivity index (χ4v) is 6.30. The summed E-state index contributed by atoms with van der Waals surface area (Å²) in [5.41, 5.74) is 8.40. The Morgan fingerprint density at radius 2 is 1.63 bits per heavy atom. The highest BCUT2D eigenvalue weighted by atomic mass is 19.1. The van der Waals surface area contributed by atoms with Gasteiger partial charge in [0.2, 0.25) is 0 Å². The molecule has 2 bridgehead atoms. The molecule has 2 aromatic carbocycles. The number of halogens is 1. The molecule has 5 N–H and O–H groups in total. The lowest BCUT2D eigenvalue weighted by atomic mass is 9.96. The number of hydrogen-bond acceptors (Lipinski definition) is 7. The third-order valence-electron chi connectivity index (χ3n) is 8.75. The normalized spacial score (nSPS) is 20.9. The van der Waals surface area contributed by atoms with E-state index in [1.165, 1.54) is 25.0 Å². The first-order chi connectivity index (χ1) is 20.8. The number of nitrogens with one attached hydrogen (secondary N) is 3. The molecule has 0 spiro atoms. The van der Waals surface area contributed by atoms with Crippen LogP contribution in [0.1, 0.15) is 76.0 Å². The highest BCUT2D eigenvalue weighted by molar-refractivity contribution is 6.02. The van der Waals surface area contributed by atoms with Gasteiger partial charge in [-0.3, -0.25) is 14.4 Å². The Labute approximate surface area is 250 Å². The Morgan fingerprint density at radius 1 is 0.907 bits per heavy atom. The molecule has 3 fully saturated rings. The standard InChI is InChI=1S/C33H37FN6O3/c34-23-5-7-24(8-6-23)36-14-13-30(41)22-4-12-31(38-19-22)40-26-9-10-27(40)17-25(16-26)39-33(43)21-3-11-28(32(35)42)29(15-21)37-18-20-1-2-20/h3-8,11-12,15,19-20,25-27,36-37H,1-2,9-10,13-14,16-18H2,(H2,35,42)(H,39,43)/t25-,26+,27-. The maximum absolute atomic E-state index is 13.2. The number of anilines is 3. The van der Waals surface area contributed by atoms with Crippen molar-refractivity contribution in [3.05, 3.63) is 83.3 Å². The number of rotatable bonds is 12. The lowest BCUT2D eigenvalue weighted by molar-refractivity contribution is 0.0924. The highest BCUT2D eigenvalue weighted by Crippen LogP contribution is 2.39. The number of ketones is 1. The van der Waals surface area contributed by atoms with Gasteiger partial charge in [0.25, 0.3) is 11.8 Å². The van der Waals surface area contributed by atoms with Crippen molar-refractivity contribution in [3.8, 4) is 0 Å². The number of pyridine rings is 1. The molecular formula is C33H37FN6O3. The highest BCUT2D eigenvalue weighted by Gasteiger charge is 2.42. The molecule has 1 aliphatic carbocycles. The van der Waals surface area contributed by atoms with Gasteiger partial charge < -0.3 is 26.6 Å². The summed E-state index contributed by atoms with van der Waals surface area (Å²) < 4.78 is 13.1. The van der Waals surface area contributed by atoms with Crippen molar-refractivity contribution < 1.29 is 18.8 Å². The summed E-state index contributed by atoms with van der Waals surface area (Å²) in [6, 6.07) is 15.4. The summed E-state index contributed by atoms with van der Waals surface area (Å²) in [5, 5.41) is 9.66. The summed E-state index contributed by atoms with van der Waals surface area (Å²) in [6.45, 7) is 1.22. The van der Waals surface area contributed by atoms with Gasteiger partial charge in [0.15, 0.2) is 5.78 Å². The topological polar surface area (TPSA) is 129 Å². The molecule has 2 saturated heterocycles. The van der Waals surface area contributed by atoms with Crippen molar-refractivity contribution >= 4 is 34.8 Å². The average Bonchev–Trinajstić information content (AvgIpc) is 3.80. The van der Waals surface area contributed by atoms with Crippen LogP contribution in [0.4, 0.5) is 21.6 Å². The van der Waals surface area contributed by atoms with E-state index >= 15 is 0 Å². The number of carbonyl (C=O) groups is 3. The van der Waals surface area contributed by atoms with Crippen LogP contribution in [0.15, 0.2) is 60.8 Å². The number of aromatic nitrogens is 1. The molecule has 3 aromatic rings. The molecule has 10 heteroatoms. The van der Waals surface area contributed by atoms with Gasteiger partial charge >= 0.3 is 0 Å². The number of nitrogens with two attached hydrogens (primary N) is 1. The van der Waals surface area contributed by atoms with E-state index in [1.54, 1.807) is 36.5 Å². The Balaban J connectivity index is 1.03. The number of primary amides is 1. The first kappa shape index (κ1) is 28.6. The number of nitrogens with zero attached hydrogens (tertiary/aromatic N) is 2. The van der Waals surface area contributed by atoms with Gasteiger partial charge in [0, 0.05) is 66.3 Å².